The Morgan fingerprint density at radius 2 is 1.68 bits per heavy atom. The Hall–Kier alpha value is -0.850. The molecule has 0 amide bonds. The van der Waals surface area contributed by atoms with Gasteiger partial charge in [0.2, 0.25) is 0 Å². The molecule has 3 nitrogen and oxygen atoms in total. The summed E-state index contributed by atoms with van der Waals surface area (Å²) in [5, 5.41) is 9.31. The lowest BCUT2D eigenvalue weighted by molar-refractivity contribution is -0.179. The van der Waals surface area contributed by atoms with Crippen LogP contribution in [0.3, 0.4) is 0 Å². The maximum Gasteiger partial charge on any atom is 0.311 e. The number of carbonyl (C=O) groups excluding carboxylic acids is 1. The summed E-state index contributed by atoms with van der Waals surface area (Å²) in [6.45, 7) is 5.41. The second-order valence-electron chi connectivity index (χ2n) is 5.38. The Morgan fingerprint density at radius 1 is 1.21 bits per heavy atom. The standard InChI is InChI=1S/C12H20F4O3/c1-5-11(2,3)10(17)19-7(8(13)14)6-12(4,18)9(15)16/h7-9,18H,5-6H2,1-4H3. The predicted octanol–water partition coefficient (Wildman–Crippen LogP) is 3.01. The van der Waals surface area contributed by atoms with Crippen molar-refractivity contribution in [2.75, 3.05) is 0 Å². The fraction of sp³-hybridized carbons (Fsp3) is 0.917. The highest BCUT2D eigenvalue weighted by Crippen LogP contribution is 2.28. The normalized spacial score (nSPS) is 17.4. The van der Waals surface area contributed by atoms with E-state index in [9.17, 15) is 27.5 Å². The number of esters is 1. The molecule has 0 saturated carbocycles. The van der Waals surface area contributed by atoms with E-state index in [1.807, 2.05) is 0 Å². The van der Waals surface area contributed by atoms with Crippen molar-refractivity contribution in [2.24, 2.45) is 5.41 Å². The molecule has 1 N–H and O–H groups in total. The van der Waals surface area contributed by atoms with E-state index < -0.39 is 42.4 Å². The quantitative estimate of drug-likeness (QED) is 0.578. The SMILES string of the molecule is CCC(C)(C)C(=O)OC(CC(C)(O)C(F)F)C(F)F. The number of ether oxygens (including phenoxy) is 1. The van der Waals surface area contributed by atoms with Crippen molar-refractivity contribution >= 4 is 5.97 Å². The molecular formula is C12H20F4O3. The molecular weight excluding hydrogens is 268 g/mol. The summed E-state index contributed by atoms with van der Waals surface area (Å²) in [4.78, 5) is 11.6. The van der Waals surface area contributed by atoms with E-state index in [-0.39, 0.29) is 0 Å². The van der Waals surface area contributed by atoms with Crippen molar-refractivity contribution in [2.45, 2.75) is 65.1 Å². The number of alkyl halides is 4. The first-order valence-corrected chi connectivity index (χ1v) is 5.93. The second kappa shape index (κ2) is 6.54. The number of rotatable bonds is 7. The van der Waals surface area contributed by atoms with Crippen molar-refractivity contribution in [1.29, 1.82) is 0 Å². The minimum absolute atomic E-state index is 0.354. The highest BCUT2D eigenvalue weighted by Gasteiger charge is 2.41. The zero-order chi connectivity index (χ0) is 15.4. The van der Waals surface area contributed by atoms with Crippen LogP contribution >= 0.6 is 0 Å². The average Bonchev–Trinajstić information content (AvgIpc) is 2.27. The third kappa shape index (κ3) is 5.34. The minimum Gasteiger partial charge on any atom is -0.456 e. The van der Waals surface area contributed by atoms with Crippen LogP contribution in [0.25, 0.3) is 0 Å². The molecule has 7 heteroatoms. The van der Waals surface area contributed by atoms with Crippen molar-refractivity contribution in [1.82, 2.24) is 0 Å². The largest absolute Gasteiger partial charge is 0.456 e. The lowest BCUT2D eigenvalue weighted by Crippen LogP contribution is -2.42. The third-order valence-electron chi connectivity index (χ3n) is 3.06. The summed E-state index contributed by atoms with van der Waals surface area (Å²) >= 11 is 0. The Balaban J connectivity index is 4.83. The van der Waals surface area contributed by atoms with Crippen LogP contribution in [0.2, 0.25) is 0 Å². The summed E-state index contributed by atoms with van der Waals surface area (Å²) in [7, 11) is 0. The zero-order valence-corrected chi connectivity index (χ0v) is 11.4. The van der Waals surface area contributed by atoms with Crippen LogP contribution in [0, 0.1) is 5.41 Å². The topological polar surface area (TPSA) is 46.5 Å². The molecule has 0 bridgehead atoms. The smallest absolute Gasteiger partial charge is 0.311 e. The van der Waals surface area contributed by atoms with E-state index >= 15 is 0 Å². The van der Waals surface area contributed by atoms with Crippen molar-refractivity contribution in [3.05, 3.63) is 0 Å². The molecule has 19 heavy (non-hydrogen) atoms. The number of hydrogen-bond donors (Lipinski definition) is 1. The fourth-order valence-electron chi connectivity index (χ4n) is 1.12. The average molecular weight is 288 g/mol. The van der Waals surface area contributed by atoms with Crippen LogP contribution in [0.5, 0.6) is 0 Å². The number of carbonyl (C=O) groups is 1. The van der Waals surface area contributed by atoms with E-state index in [4.69, 9.17) is 0 Å². The molecule has 0 heterocycles. The Bertz CT molecular complexity index is 303. The molecule has 0 saturated heterocycles. The van der Waals surface area contributed by atoms with Gasteiger partial charge in [0.15, 0.2) is 6.10 Å². The van der Waals surface area contributed by atoms with Crippen LogP contribution < -0.4 is 0 Å². The first-order chi connectivity index (χ1) is 8.44. The molecule has 0 radical (unpaired) electrons. The molecule has 0 rings (SSSR count). The number of aliphatic hydroxyl groups is 1. The Labute approximate surface area is 109 Å². The van der Waals surface area contributed by atoms with Gasteiger partial charge in [-0.15, -0.1) is 0 Å². The van der Waals surface area contributed by atoms with Gasteiger partial charge in [0.05, 0.1) is 5.41 Å². The fourth-order valence-corrected chi connectivity index (χ4v) is 1.12. The van der Waals surface area contributed by atoms with Gasteiger partial charge in [0.25, 0.3) is 12.9 Å². The highest BCUT2D eigenvalue weighted by molar-refractivity contribution is 5.76. The van der Waals surface area contributed by atoms with Crippen LogP contribution in [0.4, 0.5) is 17.6 Å². The van der Waals surface area contributed by atoms with Crippen molar-refractivity contribution in [3.63, 3.8) is 0 Å². The van der Waals surface area contributed by atoms with Gasteiger partial charge in [-0.25, -0.2) is 17.6 Å². The van der Waals surface area contributed by atoms with Crippen LogP contribution in [0.1, 0.15) is 40.5 Å². The molecule has 114 valence electrons. The maximum absolute atomic E-state index is 12.7. The Morgan fingerprint density at radius 3 is 2.00 bits per heavy atom. The molecule has 0 spiro atoms. The maximum atomic E-state index is 12.7. The molecule has 2 atom stereocenters. The van der Waals surface area contributed by atoms with E-state index in [1.54, 1.807) is 6.92 Å². The molecule has 0 aromatic rings. The van der Waals surface area contributed by atoms with Gasteiger partial charge in [0, 0.05) is 6.42 Å². The first kappa shape index (κ1) is 18.1. The van der Waals surface area contributed by atoms with Crippen molar-refractivity contribution < 1.29 is 32.2 Å². The van der Waals surface area contributed by atoms with Crippen LogP contribution in [-0.2, 0) is 9.53 Å². The van der Waals surface area contributed by atoms with Gasteiger partial charge in [-0.2, -0.15) is 0 Å². The minimum atomic E-state index is -3.20. The molecule has 0 aromatic heterocycles. The summed E-state index contributed by atoms with van der Waals surface area (Å²) < 4.78 is 54.9. The molecule has 0 aliphatic rings. The Kier molecular flexibility index (Phi) is 6.25. The van der Waals surface area contributed by atoms with Crippen molar-refractivity contribution in [3.8, 4) is 0 Å². The van der Waals surface area contributed by atoms with E-state index in [2.05, 4.69) is 4.74 Å². The van der Waals surface area contributed by atoms with Crippen LogP contribution in [0.15, 0.2) is 0 Å². The predicted molar refractivity (Wildman–Crippen MR) is 61.2 cm³/mol. The molecule has 0 aromatic carbocycles. The van der Waals surface area contributed by atoms with Gasteiger partial charge < -0.3 is 9.84 Å². The van der Waals surface area contributed by atoms with Gasteiger partial charge in [-0.05, 0) is 27.2 Å². The van der Waals surface area contributed by atoms with Gasteiger partial charge in [0.1, 0.15) is 5.60 Å². The van der Waals surface area contributed by atoms with Gasteiger partial charge >= 0.3 is 5.97 Å². The monoisotopic (exact) mass is 288 g/mol. The lowest BCUT2D eigenvalue weighted by Gasteiger charge is -2.29. The van der Waals surface area contributed by atoms with Gasteiger partial charge in [-0.3, -0.25) is 4.79 Å². The molecule has 0 aliphatic heterocycles. The molecule has 0 aliphatic carbocycles. The van der Waals surface area contributed by atoms with E-state index in [0.717, 1.165) is 6.92 Å². The summed E-state index contributed by atoms with van der Waals surface area (Å²) in [6.07, 6.45) is -9.06. The summed E-state index contributed by atoms with van der Waals surface area (Å²) in [5.41, 5.74) is -3.61. The van der Waals surface area contributed by atoms with E-state index in [1.165, 1.54) is 13.8 Å². The number of hydrogen-bond acceptors (Lipinski definition) is 3. The number of halogens is 4. The van der Waals surface area contributed by atoms with Gasteiger partial charge in [-0.1, -0.05) is 6.92 Å². The first-order valence-electron chi connectivity index (χ1n) is 5.93. The second-order valence-corrected chi connectivity index (χ2v) is 5.38. The van der Waals surface area contributed by atoms with Crippen LogP contribution in [-0.4, -0.2) is 35.6 Å². The zero-order valence-electron chi connectivity index (χ0n) is 11.4. The third-order valence-corrected chi connectivity index (χ3v) is 3.06. The summed E-state index contributed by atoms with van der Waals surface area (Å²) in [5.74, 6) is -0.898. The molecule has 2 unspecified atom stereocenters. The molecule has 0 fully saturated rings. The van der Waals surface area contributed by atoms with E-state index in [0.29, 0.717) is 6.42 Å². The summed E-state index contributed by atoms with van der Waals surface area (Å²) in [6, 6.07) is 0. The lowest BCUT2D eigenvalue weighted by atomic mass is 9.90. The highest BCUT2D eigenvalue weighted by atomic mass is 19.3.